The first-order valence-electron chi connectivity index (χ1n) is 6.47. The molecule has 0 aromatic heterocycles. The van der Waals surface area contributed by atoms with Crippen molar-refractivity contribution in [3.63, 3.8) is 0 Å². The Kier molecular flexibility index (Phi) is 3.54. The summed E-state index contributed by atoms with van der Waals surface area (Å²) in [7, 11) is 0. The van der Waals surface area contributed by atoms with Crippen LogP contribution >= 0.6 is 11.6 Å². The largest absolute Gasteiger partial charge is 0.309 e. The number of rotatable bonds is 3. The second-order valence-corrected chi connectivity index (χ2v) is 5.35. The third kappa shape index (κ3) is 2.65. The van der Waals surface area contributed by atoms with Crippen molar-refractivity contribution in [1.82, 2.24) is 5.32 Å². The van der Waals surface area contributed by atoms with Crippen molar-refractivity contribution in [2.24, 2.45) is 0 Å². The highest BCUT2D eigenvalue weighted by Crippen LogP contribution is 2.23. The smallest absolute Gasteiger partial charge is 0.142 e. The molecule has 0 spiro atoms. The summed E-state index contributed by atoms with van der Waals surface area (Å²) in [4.78, 5) is 0. The van der Waals surface area contributed by atoms with Crippen LogP contribution in [-0.2, 0) is 19.4 Å². The van der Waals surface area contributed by atoms with Crippen molar-refractivity contribution in [2.45, 2.75) is 25.4 Å². The molecule has 3 rings (SSSR count). The fourth-order valence-electron chi connectivity index (χ4n) is 2.64. The Balaban J connectivity index is 1.64. The van der Waals surface area contributed by atoms with Crippen LogP contribution < -0.4 is 5.32 Å². The van der Waals surface area contributed by atoms with Gasteiger partial charge in [0.15, 0.2) is 0 Å². The van der Waals surface area contributed by atoms with Crippen molar-refractivity contribution in [2.75, 3.05) is 0 Å². The van der Waals surface area contributed by atoms with E-state index in [1.54, 1.807) is 6.07 Å². The van der Waals surface area contributed by atoms with Gasteiger partial charge in [0, 0.05) is 12.6 Å². The summed E-state index contributed by atoms with van der Waals surface area (Å²) >= 11 is 5.95. The Morgan fingerprint density at radius 2 is 1.74 bits per heavy atom. The van der Waals surface area contributed by atoms with E-state index in [0.717, 1.165) is 18.4 Å². The van der Waals surface area contributed by atoms with E-state index >= 15 is 0 Å². The molecule has 1 N–H and O–H groups in total. The summed E-state index contributed by atoms with van der Waals surface area (Å²) < 4.78 is 13.3. The minimum Gasteiger partial charge on any atom is -0.309 e. The van der Waals surface area contributed by atoms with E-state index in [9.17, 15) is 4.39 Å². The topological polar surface area (TPSA) is 12.0 Å². The first-order valence-corrected chi connectivity index (χ1v) is 6.85. The maximum absolute atomic E-state index is 13.3. The molecule has 0 saturated carbocycles. The summed E-state index contributed by atoms with van der Waals surface area (Å²) in [6, 6.07) is 13.9. The molecule has 0 radical (unpaired) electrons. The standard InChI is InChI=1S/C16H15ClFN/c17-16-13(6-3-7-15(16)18)10-19-14-8-11-4-1-2-5-12(11)9-14/h1-7,14,19H,8-10H2. The number of hydrogen-bond donors (Lipinski definition) is 1. The summed E-state index contributed by atoms with van der Waals surface area (Å²) in [6.45, 7) is 0.606. The van der Waals surface area contributed by atoms with Gasteiger partial charge in [-0.25, -0.2) is 4.39 Å². The van der Waals surface area contributed by atoms with E-state index in [4.69, 9.17) is 11.6 Å². The molecule has 0 unspecified atom stereocenters. The highest BCUT2D eigenvalue weighted by atomic mass is 35.5. The lowest BCUT2D eigenvalue weighted by Gasteiger charge is -2.13. The fourth-order valence-corrected chi connectivity index (χ4v) is 2.84. The molecule has 98 valence electrons. The first kappa shape index (κ1) is 12.6. The molecule has 0 aliphatic heterocycles. The minimum atomic E-state index is -0.351. The Morgan fingerprint density at radius 1 is 1.05 bits per heavy atom. The zero-order chi connectivity index (χ0) is 13.2. The normalized spacial score (nSPS) is 14.6. The molecule has 0 fully saturated rings. The van der Waals surface area contributed by atoms with Crippen molar-refractivity contribution in [3.8, 4) is 0 Å². The number of fused-ring (bicyclic) bond motifs is 1. The average molecular weight is 276 g/mol. The van der Waals surface area contributed by atoms with E-state index < -0.39 is 0 Å². The molecule has 0 saturated heterocycles. The predicted molar refractivity (Wildman–Crippen MR) is 75.9 cm³/mol. The van der Waals surface area contributed by atoms with Crippen LogP contribution in [0.25, 0.3) is 0 Å². The summed E-state index contributed by atoms with van der Waals surface area (Å²) in [5.41, 5.74) is 3.63. The van der Waals surface area contributed by atoms with Crippen LogP contribution in [0.3, 0.4) is 0 Å². The van der Waals surface area contributed by atoms with Crippen LogP contribution in [0.1, 0.15) is 16.7 Å². The predicted octanol–water partition coefficient (Wildman–Crippen LogP) is 3.74. The average Bonchev–Trinajstić information content (AvgIpc) is 2.83. The van der Waals surface area contributed by atoms with Gasteiger partial charge in [-0.15, -0.1) is 0 Å². The van der Waals surface area contributed by atoms with Crippen molar-refractivity contribution in [3.05, 3.63) is 70.0 Å². The Morgan fingerprint density at radius 3 is 2.42 bits per heavy atom. The molecule has 2 aromatic rings. The lowest BCUT2D eigenvalue weighted by molar-refractivity contribution is 0.530. The highest BCUT2D eigenvalue weighted by molar-refractivity contribution is 6.31. The monoisotopic (exact) mass is 275 g/mol. The molecule has 19 heavy (non-hydrogen) atoms. The molecule has 1 aliphatic carbocycles. The van der Waals surface area contributed by atoms with Crippen LogP contribution in [0.5, 0.6) is 0 Å². The van der Waals surface area contributed by atoms with Gasteiger partial charge in [-0.05, 0) is 35.6 Å². The van der Waals surface area contributed by atoms with Crippen molar-refractivity contribution in [1.29, 1.82) is 0 Å². The van der Waals surface area contributed by atoms with E-state index in [1.807, 2.05) is 6.07 Å². The first-order chi connectivity index (χ1) is 9.24. The van der Waals surface area contributed by atoms with Gasteiger partial charge in [-0.2, -0.15) is 0 Å². The van der Waals surface area contributed by atoms with Gasteiger partial charge in [0.05, 0.1) is 5.02 Å². The molecular formula is C16H15ClFN. The SMILES string of the molecule is Fc1cccc(CNC2Cc3ccccc3C2)c1Cl. The van der Waals surface area contributed by atoms with Crippen molar-refractivity contribution >= 4 is 11.6 Å². The van der Waals surface area contributed by atoms with Gasteiger partial charge in [0.2, 0.25) is 0 Å². The second kappa shape index (κ2) is 5.32. The van der Waals surface area contributed by atoms with Gasteiger partial charge in [0.1, 0.15) is 5.82 Å². The summed E-state index contributed by atoms with van der Waals surface area (Å²) in [6.07, 6.45) is 2.06. The Labute approximate surface area is 117 Å². The van der Waals surface area contributed by atoms with Crippen LogP contribution in [0.15, 0.2) is 42.5 Å². The lowest BCUT2D eigenvalue weighted by Crippen LogP contribution is -2.29. The van der Waals surface area contributed by atoms with Crippen LogP contribution in [0, 0.1) is 5.82 Å². The van der Waals surface area contributed by atoms with Gasteiger partial charge >= 0.3 is 0 Å². The molecule has 1 nitrogen and oxygen atoms in total. The minimum absolute atomic E-state index is 0.227. The maximum Gasteiger partial charge on any atom is 0.142 e. The molecule has 1 aliphatic rings. The molecule has 0 bridgehead atoms. The fraction of sp³-hybridized carbons (Fsp3) is 0.250. The quantitative estimate of drug-likeness (QED) is 0.900. The Bertz CT molecular complexity index is 572. The van der Waals surface area contributed by atoms with E-state index in [1.165, 1.54) is 17.2 Å². The molecule has 0 heterocycles. The van der Waals surface area contributed by atoms with Crippen LogP contribution in [0.4, 0.5) is 4.39 Å². The van der Waals surface area contributed by atoms with Crippen LogP contribution in [-0.4, -0.2) is 6.04 Å². The number of benzene rings is 2. The maximum atomic E-state index is 13.3. The number of halogens is 2. The zero-order valence-corrected chi connectivity index (χ0v) is 11.3. The highest BCUT2D eigenvalue weighted by Gasteiger charge is 2.20. The van der Waals surface area contributed by atoms with E-state index in [-0.39, 0.29) is 10.8 Å². The third-order valence-corrected chi connectivity index (χ3v) is 4.09. The Hall–Kier alpha value is -1.38. The molecular weight excluding hydrogens is 261 g/mol. The number of hydrogen-bond acceptors (Lipinski definition) is 1. The second-order valence-electron chi connectivity index (χ2n) is 4.97. The van der Waals surface area contributed by atoms with Gasteiger partial charge < -0.3 is 5.32 Å². The third-order valence-electron chi connectivity index (χ3n) is 3.66. The van der Waals surface area contributed by atoms with Crippen molar-refractivity contribution < 1.29 is 4.39 Å². The summed E-state index contributed by atoms with van der Waals surface area (Å²) in [5, 5.41) is 3.69. The molecule has 0 atom stereocenters. The zero-order valence-electron chi connectivity index (χ0n) is 10.5. The van der Waals surface area contributed by atoms with Gasteiger partial charge in [-0.3, -0.25) is 0 Å². The lowest BCUT2D eigenvalue weighted by atomic mass is 10.1. The van der Waals surface area contributed by atoms with E-state index in [2.05, 4.69) is 29.6 Å². The summed E-state index contributed by atoms with van der Waals surface area (Å²) in [5.74, 6) is -0.351. The number of nitrogens with one attached hydrogen (secondary N) is 1. The molecule has 0 amide bonds. The van der Waals surface area contributed by atoms with E-state index in [0.29, 0.717) is 12.6 Å². The van der Waals surface area contributed by atoms with Gasteiger partial charge in [0.25, 0.3) is 0 Å². The molecule has 2 aromatic carbocycles. The van der Waals surface area contributed by atoms with Gasteiger partial charge in [-0.1, -0.05) is 48.0 Å². The molecule has 3 heteroatoms. The van der Waals surface area contributed by atoms with Crippen LogP contribution in [0.2, 0.25) is 5.02 Å².